The highest BCUT2D eigenvalue weighted by atomic mass is 32.2. The van der Waals surface area contributed by atoms with Crippen molar-refractivity contribution in [2.24, 2.45) is 0 Å². The zero-order valence-electron chi connectivity index (χ0n) is 22.6. The number of thioether (sulfide) groups is 1. The maximum atomic E-state index is 13.5. The van der Waals surface area contributed by atoms with Crippen LogP contribution in [0.1, 0.15) is 22.8 Å². The van der Waals surface area contributed by atoms with Crippen molar-refractivity contribution in [1.29, 1.82) is 5.26 Å². The molecule has 1 fully saturated rings. The van der Waals surface area contributed by atoms with Gasteiger partial charge in [0.15, 0.2) is 0 Å². The van der Waals surface area contributed by atoms with Crippen molar-refractivity contribution in [2.45, 2.75) is 11.9 Å². The van der Waals surface area contributed by atoms with Gasteiger partial charge in [-0.2, -0.15) is 5.26 Å². The molecule has 1 aromatic heterocycles. The maximum absolute atomic E-state index is 13.5. The highest BCUT2D eigenvalue weighted by Crippen LogP contribution is 2.43. The number of benzene rings is 2. The van der Waals surface area contributed by atoms with Crippen LogP contribution in [0.15, 0.2) is 47.5 Å². The summed E-state index contributed by atoms with van der Waals surface area (Å²) in [6.07, 6.45) is 0.708. The number of nitro benzene ring substituents is 1. The quantitative estimate of drug-likeness (QED) is 0.168. The normalized spacial score (nSPS) is 12.9. The Morgan fingerprint density at radius 3 is 2.39 bits per heavy atom. The Balaban J connectivity index is 1.97. The largest absolute Gasteiger partial charge is 0.497 e. The SMILES string of the molecule is CCOC(=O)c1c(-c2ccc(OC)cc2)nc(SC)c(C#N)c1-c1ccc(N2CCN(C(=O)O)CC2)cc1[N+](=O)[O-]. The molecule has 1 amide bonds. The van der Waals surface area contributed by atoms with Gasteiger partial charge in [0.1, 0.15) is 16.8 Å². The van der Waals surface area contributed by atoms with Crippen LogP contribution in [-0.2, 0) is 4.74 Å². The Labute approximate surface area is 240 Å². The molecule has 0 saturated carbocycles. The molecule has 1 aliphatic heterocycles. The lowest BCUT2D eigenvalue weighted by molar-refractivity contribution is -0.384. The Kier molecular flexibility index (Phi) is 8.94. The zero-order valence-corrected chi connectivity index (χ0v) is 23.4. The second-order valence-corrected chi connectivity index (χ2v) is 9.67. The summed E-state index contributed by atoms with van der Waals surface area (Å²) in [5.74, 6) is -0.186. The van der Waals surface area contributed by atoms with Gasteiger partial charge in [0, 0.05) is 49.1 Å². The molecule has 12 nitrogen and oxygen atoms in total. The predicted molar refractivity (Wildman–Crippen MR) is 153 cm³/mol. The minimum atomic E-state index is -1.02. The van der Waals surface area contributed by atoms with Gasteiger partial charge in [-0.3, -0.25) is 10.1 Å². The van der Waals surface area contributed by atoms with E-state index in [1.54, 1.807) is 43.5 Å². The van der Waals surface area contributed by atoms with Gasteiger partial charge in [-0.1, -0.05) is 0 Å². The monoisotopic (exact) mass is 577 g/mol. The third-order valence-electron chi connectivity index (χ3n) is 6.67. The molecular formula is C28H27N5O7S. The van der Waals surface area contributed by atoms with Gasteiger partial charge in [0.25, 0.3) is 5.69 Å². The van der Waals surface area contributed by atoms with Gasteiger partial charge in [0.2, 0.25) is 0 Å². The van der Waals surface area contributed by atoms with Crippen LogP contribution in [-0.4, -0.2) is 78.1 Å². The van der Waals surface area contributed by atoms with E-state index in [1.165, 1.54) is 35.9 Å². The number of ether oxygens (including phenoxy) is 2. The van der Waals surface area contributed by atoms with E-state index in [9.17, 15) is 30.1 Å². The molecule has 3 aromatic rings. The summed E-state index contributed by atoms with van der Waals surface area (Å²) in [5, 5.41) is 32.2. The van der Waals surface area contributed by atoms with Gasteiger partial charge in [-0.15, -0.1) is 11.8 Å². The van der Waals surface area contributed by atoms with Crippen LogP contribution in [0.2, 0.25) is 0 Å². The van der Waals surface area contributed by atoms with E-state index in [2.05, 4.69) is 11.1 Å². The first-order chi connectivity index (χ1) is 19.7. The van der Waals surface area contributed by atoms with Crippen molar-refractivity contribution in [3.8, 4) is 34.2 Å². The number of esters is 1. The first-order valence-electron chi connectivity index (χ1n) is 12.6. The number of pyridine rings is 1. The fraction of sp³-hybridized carbons (Fsp3) is 0.286. The highest BCUT2D eigenvalue weighted by Gasteiger charge is 2.32. The first kappa shape index (κ1) is 29.2. The van der Waals surface area contributed by atoms with E-state index in [0.29, 0.717) is 35.1 Å². The molecule has 0 unspecified atom stereocenters. The van der Waals surface area contributed by atoms with Gasteiger partial charge >= 0.3 is 12.1 Å². The molecule has 4 rings (SSSR count). The molecule has 2 aromatic carbocycles. The second kappa shape index (κ2) is 12.6. The minimum Gasteiger partial charge on any atom is -0.497 e. The molecule has 1 saturated heterocycles. The van der Waals surface area contributed by atoms with Gasteiger partial charge in [-0.05, 0) is 49.6 Å². The van der Waals surface area contributed by atoms with Crippen LogP contribution >= 0.6 is 11.8 Å². The molecule has 41 heavy (non-hydrogen) atoms. The lowest BCUT2D eigenvalue weighted by atomic mass is 9.91. The van der Waals surface area contributed by atoms with Crippen molar-refractivity contribution >= 4 is 35.2 Å². The second-order valence-electron chi connectivity index (χ2n) is 8.87. The molecule has 0 bridgehead atoms. The van der Waals surface area contributed by atoms with E-state index in [-0.39, 0.29) is 53.3 Å². The van der Waals surface area contributed by atoms with Crippen molar-refractivity contribution < 1.29 is 29.1 Å². The van der Waals surface area contributed by atoms with E-state index >= 15 is 0 Å². The molecule has 13 heteroatoms. The molecule has 0 radical (unpaired) electrons. The summed E-state index contributed by atoms with van der Waals surface area (Å²) in [5.41, 5.74) is 1.04. The lowest BCUT2D eigenvalue weighted by Crippen LogP contribution is -2.48. The number of nitrogens with zero attached hydrogens (tertiary/aromatic N) is 5. The standard InChI is InChI=1S/C28H27N5O7S/c1-4-40-27(34)24-23(21(16-29)26(41-3)30-25(24)17-5-8-19(39-2)9-6-17)20-10-7-18(15-22(20)33(37)38)31-11-13-32(14-12-31)28(35)36/h5-10,15H,4,11-14H2,1-3H3,(H,35,36). The van der Waals surface area contributed by atoms with Gasteiger partial charge < -0.3 is 24.4 Å². The number of carbonyl (C=O) groups excluding carboxylic acids is 1. The fourth-order valence-corrected chi connectivity index (χ4v) is 5.21. The number of nitro groups is 1. The van der Waals surface area contributed by atoms with Gasteiger partial charge in [-0.25, -0.2) is 14.6 Å². The number of hydrogen-bond donors (Lipinski definition) is 1. The molecule has 0 atom stereocenters. The van der Waals surface area contributed by atoms with Crippen molar-refractivity contribution in [3.63, 3.8) is 0 Å². The number of piperazine rings is 1. The van der Waals surface area contributed by atoms with E-state index in [4.69, 9.17) is 9.47 Å². The van der Waals surface area contributed by atoms with Crippen LogP contribution in [0.3, 0.4) is 0 Å². The molecule has 1 aliphatic rings. The van der Waals surface area contributed by atoms with E-state index in [0.717, 1.165) is 0 Å². The predicted octanol–water partition coefficient (Wildman–Crippen LogP) is 4.90. The number of aromatic nitrogens is 1. The molecule has 2 heterocycles. The van der Waals surface area contributed by atoms with Crippen molar-refractivity contribution in [1.82, 2.24) is 9.88 Å². The number of nitriles is 1. The third-order valence-corrected chi connectivity index (χ3v) is 7.36. The molecule has 0 spiro atoms. The molecule has 1 N–H and O–H groups in total. The molecule has 212 valence electrons. The summed E-state index contributed by atoms with van der Waals surface area (Å²) >= 11 is 1.18. The Morgan fingerprint density at radius 2 is 1.85 bits per heavy atom. The fourth-order valence-electron chi connectivity index (χ4n) is 4.68. The average Bonchev–Trinajstić information content (AvgIpc) is 2.99. The topological polar surface area (TPSA) is 159 Å². The summed E-state index contributed by atoms with van der Waals surface area (Å²) in [4.78, 5) is 44.4. The average molecular weight is 578 g/mol. The Hall–Kier alpha value is -4.83. The van der Waals surface area contributed by atoms with Crippen LogP contribution < -0.4 is 9.64 Å². The number of carboxylic acid groups (broad SMARTS) is 1. The summed E-state index contributed by atoms with van der Waals surface area (Å²) in [6.45, 7) is 2.89. The van der Waals surface area contributed by atoms with Crippen LogP contribution in [0.5, 0.6) is 5.75 Å². The number of rotatable bonds is 8. The maximum Gasteiger partial charge on any atom is 0.407 e. The third kappa shape index (κ3) is 5.87. The number of methoxy groups -OCH3 is 1. The van der Waals surface area contributed by atoms with Crippen molar-refractivity contribution in [3.05, 3.63) is 63.7 Å². The first-order valence-corrected chi connectivity index (χ1v) is 13.8. The summed E-state index contributed by atoms with van der Waals surface area (Å²) in [6, 6.07) is 13.5. The van der Waals surface area contributed by atoms with E-state index < -0.39 is 17.0 Å². The number of hydrogen-bond acceptors (Lipinski definition) is 10. The number of anilines is 1. The zero-order chi connectivity index (χ0) is 29.7. The van der Waals surface area contributed by atoms with Crippen LogP contribution in [0.4, 0.5) is 16.2 Å². The minimum absolute atomic E-state index is 0.0173. The van der Waals surface area contributed by atoms with Crippen LogP contribution in [0.25, 0.3) is 22.4 Å². The number of carbonyl (C=O) groups is 2. The Bertz CT molecular complexity index is 1530. The summed E-state index contributed by atoms with van der Waals surface area (Å²) < 4.78 is 10.6. The molecule has 0 aliphatic carbocycles. The number of amides is 1. The lowest BCUT2D eigenvalue weighted by Gasteiger charge is -2.34. The summed E-state index contributed by atoms with van der Waals surface area (Å²) in [7, 11) is 1.53. The smallest absolute Gasteiger partial charge is 0.407 e. The Morgan fingerprint density at radius 1 is 1.17 bits per heavy atom. The van der Waals surface area contributed by atoms with Crippen LogP contribution in [0, 0.1) is 21.4 Å². The van der Waals surface area contributed by atoms with Gasteiger partial charge in [0.05, 0.1) is 41.0 Å². The van der Waals surface area contributed by atoms with Crippen molar-refractivity contribution in [2.75, 3.05) is 51.1 Å². The highest BCUT2D eigenvalue weighted by molar-refractivity contribution is 7.98. The van der Waals surface area contributed by atoms with E-state index in [1.807, 2.05) is 4.90 Å². The molecular weight excluding hydrogens is 550 g/mol.